The van der Waals surface area contributed by atoms with Crippen LogP contribution in [0.25, 0.3) is 0 Å². The summed E-state index contributed by atoms with van der Waals surface area (Å²) >= 11 is 0. The number of aliphatic hydroxyl groups is 1. The zero-order valence-electron chi connectivity index (χ0n) is 15.0. The molecule has 2 rings (SSSR count). The van der Waals surface area contributed by atoms with Gasteiger partial charge in [-0.1, -0.05) is 0 Å². The number of benzene rings is 1. The maximum atomic E-state index is 13.5. The summed E-state index contributed by atoms with van der Waals surface area (Å²) in [5.41, 5.74) is 0. The van der Waals surface area contributed by atoms with Crippen molar-refractivity contribution in [3.63, 3.8) is 0 Å². The van der Waals surface area contributed by atoms with Gasteiger partial charge in [-0.15, -0.1) is 0 Å². The Balaban J connectivity index is 1.66. The van der Waals surface area contributed by atoms with Gasteiger partial charge in [0.05, 0.1) is 25.8 Å². The van der Waals surface area contributed by atoms with Crippen LogP contribution >= 0.6 is 0 Å². The molecule has 0 aromatic heterocycles. The van der Waals surface area contributed by atoms with Crippen LogP contribution in [0.4, 0.5) is 8.78 Å². The minimum absolute atomic E-state index is 0.00151. The molecule has 0 saturated heterocycles. The van der Waals surface area contributed by atoms with Crippen LogP contribution in [-0.2, 0) is 4.74 Å². The second-order valence-corrected chi connectivity index (χ2v) is 6.20. The van der Waals surface area contributed by atoms with Crippen LogP contribution in [0, 0.1) is 17.6 Å². The van der Waals surface area contributed by atoms with Gasteiger partial charge in [0.15, 0.2) is 17.5 Å². The molecule has 3 N–H and O–H groups in total. The maximum Gasteiger partial charge on any atom is 0.191 e. The molecule has 6 nitrogen and oxygen atoms in total. The fourth-order valence-electron chi connectivity index (χ4n) is 2.17. The van der Waals surface area contributed by atoms with Gasteiger partial charge in [0.25, 0.3) is 0 Å². The molecule has 8 heteroatoms. The van der Waals surface area contributed by atoms with Crippen LogP contribution in [-0.4, -0.2) is 56.6 Å². The summed E-state index contributed by atoms with van der Waals surface area (Å²) in [6.07, 6.45) is 1.77. The third kappa shape index (κ3) is 7.97. The maximum absolute atomic E-state index is 13.5. The number of rotatable bonds is 11. The molecule has 1 atom stereocenters. The van der Waals surface area contributed by atoms with Gasteiger partial charge in [0.1, 0.15) is 12.4 Å². The molecule has 0 spiro atoms. The first kappa shape index (κ1) is 20.4. The Morgan fingerprint density at radius 2 is 2.15 bits per heavy atom. The molecule has 1 saturated carbocycles. The van der Waals surface area contributed by atoms with Crippen molar-refractivity contribution in [1.29, 1.82) is 0 Å². The molecular formula is C18H27F2N3O3. The molecule has 0 aliphatic heterocycles. The lowest BCUT2D eigenvalue weighted by Gasteiger charge is -2.14. The summed E-state index contributed by atoms with van der Waals surface area (Å²) in [5, 5.41) is 16.0. The summed E-state index contributed by atoms with van der Waals surface area (Å²) in [6, 6.07) is 3.17. The predicted molar refractivity (Wildman–Crippen MR) is 95.4 cm³/mol. The number of aliphatic imine (C=N–C) groups is 1. The van der Waals surface area contributed by atoms with E-state index in [4.69, 9.17) is 9.47 Å². The number of hydrogen-bond donors (Lipinski definition) is 3. The molecule has 1 unspecified atom stereocenters. The highest BCUT2D eigenvalue weighted by Gasteiger charge is 2.21. The zero-order chi connectivity index (χ0) is 18.8. The lowest BCUT2D eigenvalue weighted by Crippen LogP contribution is -2.40. The Morgan fingerprint density at radius 1 is 1.35 bits per heavy atom. The minimum Gasteiger partial charge on any atom is -0.489 e. The number of aliphatic hydroxyl groups excluding tert-OH is 1. The number of nitrogens with one attached hydrogen (secondary N) is 2. The van der Waals surface area contributed by atoms with E-state index in [-0.39, 0.29) is 25.5 Å². The number of nitrogens with zero attached hydrogens (tertiary/aromatic N) is 1. The first-order chi connectivity index (χ1) is 12.6. The largest absolute Gasteiger partial charge is 0.489 e. The molecule has 1 aromatic rings. The van der Waals surface area contributed by atoms with E-state index in [9.17, 15) is 13.9 Å². The average molecular weight is 371 g/mol. The molecule has 0 radical (unpaired) electrons. The molecule has 26 heavy (non-hydrogen) atoms. The molecule has 1 fully saturated rings. The van der Waals surface area contributed by atoms with Crippen LogP contribution in [0.5, 0.6) is 5.75 Å². The fraction of sp³-hybridized carbons (Fsp3) is 0.611. The van der Waals surface area contributed by atoms with Crippen molar-refractivity contribution in [3.05, 3.63) is 29.8 Å². The minimum atomic E-state index is -0.736. The van der Waals surface area contributed by atoms with Crippen LogP contribution in [0.1, 0.15) is 19.8 Å². The van der Waals surface area contributed by atoms with E-state index >= 15 is 0 Å². The highest BCUT2D eigenvalue weighted by molar-refractivity contribution is 5.79. The van der Waals surface area contributed by atoms with Gasteiger partial charge in [-0.3, -0.25) is 4.99 Å². The van der Waals surface area contributed by atoms with Crippen molar-refractivity contribution in [2.24, 2.45) is 10.9 Å². The van der Waals surface area contributed by atoms with Crippen molar-refractivity contribution in [1.82, 2.24) is 10.6 Å². The number of ether oxygens (including phenoxy) is 2. The average Bonchev–Trinajstić information content (AvgIpc) is 3.42. The van der Waals surface area contributed by atoms with Gasteiger partial charge in [-0.2, -0.15) is 0 Å². The van der Waals surface area contributed by atoms with Gasteiger partial charge < -0.3 is 25.2 Å². The first-order valence-electron chi connectivity index (χ1n) is 8.94. The number of guanidine groups is 1. The molecule has 0 bridgehead atoms. The van der Waals surface area contributed by atoms with E-state index in [1.165, 1.54) is 18.9 Å². The van der Waals surface area contributed by atoms with Gasteiger partial charge in [0, 0.05) is 19.2 Å². The van der Waals surface area contributed by atoms with E-state index in [0.717, 1.165) is 12.1 Å². The van der Waals surface area contributed by atoms with E-state index < -0.39 is 17.7 Å². The smallest absolute Gasteiger partial charge is 0.191 e. The summed E-state index contributed by atoms with van der Waals surface area (Å²) in [6.45, 7) is 4.33. The fourth-order valence-corrected chi connectivity index (χ4v) is 2.17. The van der Waals surface area contributed by atoms with Gasteiger partial charge in [0.2, 0.25) is 0 Å². The lowest BCUT2D eigenvalue weighted by atomic mass is 10.3. The Hall–Kier alpha value is -1.93. The number of hydrogen-bond acceptors (Lipinski definition) is 4. The lowest BCUT2D eigenvalue weighted by molar-refractivity contribution is 0.0368. The third-order valence-corrected chi connectivity index (χ3v) is 3.71. The topological polar surface area (TPSA) is 75.1 Å². The number of halogens is 2. The second-order valence-electron chi connectivity index (χ2n) is 6.20. The van der Waals surface area contributed by atoms with Crippen LogP contribution in [0.3, 0.4) is 0 Å². The Kier molecular flexibility index (Phi) is 8.57. The Bertz CT molecular complexity index is 583. The highest BCUT2D eigenvalue weighted by Crippen LogP contribution is 2.28. The van der Waals surface area contributed by atoms with Crippen LogP contribution in [0.2, 0.25) is 0 Å². The highest BCUT2D eigenvalue weighted by atomic mass is 19.1. The summed E-state index contributed by atoms with van der Waals surface area (Å²) in [5.74, 6) is -0.194. The summed E-state index contributed by atoms with van der Waals surface area (Å²) in [7, 11) is 0. The summed E-state index contributed by atoms with van der Waals surface area (Å²) < 4.78 is 37.0. The molecule has 146 valence electrons. The van der Waals surface area contributed by atoms with Gasteiger partial charge in [-0.25, -0.2) is 8.78 Å². The van der Waals surface area contributed by atoms with E-state index in [0.29, 0.717) is 31.6 Å². The molecule has 0 heterocycles. The first-order valence-corrected chi connectivity index (χ1v) is 8.94. The molecular weight excluding hydrogens is 344 g/mol. The van der Waals surface area contributed by atoms with Crippen molar-refractivity contribution in [2.75, 3.05) is 39.5 Å². The summed E-state index contributed by atoms with van der Waals surface area (Å²) in [4.78, 5) is 4.29. The Labute approximate surface area is 152 Å². The van der Waals surface area contributed by atoms with Crippen molar-refractivity contribution < 1.29 is 23.4 Å². The molecule has 0 amide bonds. The zero-order valence-corrected chi connectivity index (χ0v) is 15.0. The van der Waals surface area contributed by atoms with Gasteiger partial charge in [-0.05, 0) is 37.8 Å². The van der Waals surface area contributed by atoms with Crippen molar-refractivity contribution in [2.45, 2.75) is 25.9 Å². The normalized spacial score (nSPS) is 15.6. The van der Waals surface area contributed by atoms with Crippen molar-refractivity contribution >= 4 is 5.96 Å². The predicted octanol–water partition coefficient (Wildman–Crippen LogP) is 1.69. The molecule has 1 aliphatic carbocycles. The van der Waals surface area contributed by atoms with E-state index in [1.807, 2.05) is 6.92 Å². The second kappa shape index (κ2) is 10.9. The molecule has 1 aromatic carbocycles. The monoisotopic (exact) mass is 371 g/mol. The van der Waals surface area contributed by atoms with Gasteiger partial charge >= 0.3 is 0 Å². The standard InChI is InChI=1S/C18H27F2N3O3/c1-2-21-18(23-10-15(24)12-25-11-13-3-4-13)22-7-8-26-17-6-5-14(19)9-16(17)20/h5-6,9,13,15,24H,2-4,7-8,10-12H2,1H3,(H2,21,22,23). The Morgan fingerprint density at radius 3 is 2.85 bits per heavy atom. The molecule has 1 aliphatic rings. The quantitative estimate of drug-likeness (QED) is 0.314. The third-order valence-electron chi connectivity index (χ3n) is 3.71. The van der Waals surface area contributed by atoms with Crippen molar-refractivity contribution in [3.8, 4) is 5.75 Å². The SMILES string of the molecule is CCNC(=NCC(O)COCC1CC1)NCCOc1ccc(F)cc1F. The van der Waals surface area contributed by atoms with Crippen LogP contribution in [0.15, 0.2) is 23.2 Å². The van der Waals surface area contributed by atoms with E-state index in [1.54, 1.807) is 0 Å². The van der Waals surface area contributed by atoms with E-state index in [2.05, 4.69) is 15.6 Å². The van der Waals surface area contributed by atoms with Crippen LogP contribution < -0.4 is 15.4 Å².